The molecule has 1 saturated carbocycles. The standard InChI is InChI=1S/C19H25NO3S/c1-23-19(22)15-10-12-6-2-4-8-14(12)20(15)18(21)17-11-13-7-3-5-9-16(13)24-17/h11-12,14-15H,2-10H2,1H3/t12-,14-,15-/m0/s1. The number of thiophene rings is 1. The fourth-order valence-electron chi connectivity index (χ4n) is 4.82. The number of likely N-dealkylation sites (tertiary alicyclic amines) is 1. The van der Waals surface area contributed by atoms with Crippen molar-refractivity contribution in [3.8, 4) is 0 Å². The number of esters is 1. The van der Waals surface area contributed by atoms with Crippen molar-refractivity contribution in [3.63, 3.8) is 0 Å². The van der Waals surface area contributed by atoms with Crippen LogP contribution in [0, 0.1) is 5.92 Å². The third-order valence-corrected chi connectivity index (χ3v) is 7.23. The highest BCUT2D eigenvalue weighted by molar-refractivity contribution is 7.14. The molecule has 1 aliphatic heterocycles. The monoisotopic (exact) mass is 347 g/mol. The zero-order valence-electron chi connectivity index (χ0n) is 14.3. The Bertz CT molecular complexity index is 630. The molecule has 0 radical (unpaired) electrons. The van der Waals surface area contributed by atoms with Crippen molar-refractivity contribution in [1.82, 2.24) is 4.90 Å². The number of hydrogen-bond donors (Lipinski definition) is 0. The molecule has 3 aliphatic rings. The molecular weight excluding hydrogens is 322 g/mol. The minimum Gasteiger partial charge on any atom is -0.467 e. The van der Waals surface area contributed by atoms with Crippen LogP contribution in [0.3, 0.4) is 0 Å². The summed E-state index contributed by atoms with van der Waals surface area (Å²) in [5.41, 5.74) is 1.35. The Hall–Kier alpha value is -1.36. The number of hydrogen-bond acceptors (Lipinski definition) is 4. The zero-order valence-corrected chi connectivity index (χ0v) is 15.1. The molecular formula is C19H25NO3S. The molecule has 24 heavy (non-hydrogen) atoms. The Morgan fingerprint density at radius 3 is 2.75 bits per heavy atom. The van der Waals surface area contributed by atoms with E-state index in [1.54, 1.807) is 11.3 Å². The molecule has 0 spiro atoms. The Morgan fingerprint density at radius 2 is 1.96 bits per heavy atom. The van der Waals surface area contributed by atoms with Crippen molar-refractivity contribution in [1.29, 1.82) is 0 Å². The Morgan fingerprint density at radius 1 is 1.17 bits per heavy atom. The summed E-state index contributed by atoms with van der Waals surface area (Å²) in [7, 11) is 1.43. The van der Waals surface area contributed by atoms with Gasteiger partial charge in [-0.2, -0.15) is 0 Å². The van der Waals surface area contributed by atoms with E-state index in [0.717, 1.165) is 43.4 Å². The quantitative estimate of drug-likeness (QED) is 0.768. The number of rotatable bonds is 2. The molecule has 3 atom stereocenters. The number of carbonyl (C=O) groups excluding carboxylic acids is 2. The normalized spacial score (nSPS) is 29.0. The van der Waals surface area contributed by atoms with Crippen molar-refractivity contribution >= 4 is 23.2 Å². The minimum absolute atomic E-state index is 0.0548. The first-order valence-electron chi connectivity index (χ1n) is 9.21. The van der Waals surface area contributed by atoms with E-state index in [1.807, 2.05) is 4.90 Å². The van der Waals surface area contributed by atoms with Gasteiger partial charge < -0.3 is 9.64 Å². The van der Waals surface area contributed by atoms with Crippen LogP contribution in [0.5, 0.6) is 0 Å². The molecule has 2 heterocycles. The Balaban J connectivity index is 1.64. The predicted octanol–water partition coefficient (Wildman–Crippen LogP) is 3.57. The summed E-state index contributed by atoms with van der Waals surface area (Å²) in [5, 5.41) is 0. The van der Waals surface area contributed by atoms with Gasteiger partial charge in [-0.3, -0.25) is 4.79 Å². The highest BCUT2D eigenvalue weighted by Gasteiger charge is 2.48. The largest absolute Gasteiger partial charge is 0.467 e. The lowest BCUT2D eigenvalue weighted by Crippen LogP contribution is -2.46. The lowest BCUT2D eigenvalue weighted by Gasteiger charge is -2.33. The first kappa shape index (κ1) is 16.1. The molecule has 1 aromatic rings. The van der Waals surface area contributed by atoms with Gasteiger partial charge in [0.05, 0.1) is 12.0 Å². The molecule has 0 bridgehead atoms. The number of aryl methyl sites for hydroxylation is 2. The molecule has 2 aliphatic carbocycles. The van der Waals surface area contributed by atoms with E-state index in [4.69, 9.17) is 4.74 Å². The van der Waals surface area contributed by atoms with Crippen molar-refractivity contribution in [2.75, 3.05) is 7.11 Å². The molecule has 1 amide bonds. The summed E-state index contributed by atoms with van der Waals surface area (Å²) in [5.74, 6) is 0.264. The van der Waals surface area contributed by atoms with Crippen molar-refractivity contribution in [2.45, 2.75) is 69.9 Å². The predicted molar refractivity (Wildman–Crippen MR) is 93.3 cm³/mol. The zero-order chi connectivity index (χ0) is 16.7. The summed E-state index contributed by atoms with van der Waals surface area (Å²) in [4.78, 5) is 29.6. The lowest BCUT2D eigenvalue weighted by molar-refractivity contribution is -0.145. The fourth-order valence-corrected chi connectivity index (χ4v) is 6.02. The summed E-state index contributed by atoms with van der Waals surface area (Å²) < 4.78 is 5.01. The van der Waals surface area contributed by atoms with Crippen LogP contribution in [-0.4, -0.2) is 36.0 Å². The van der Waals surface area contributed by atoms with Gasteiger partial charge in [0.25, 0.3) is 5.91 Å². The highest BCUT2D eigenvalue weighted by atomic mass is 32.1. The van der Waals surface area contributed by atoms with E-state index in [-0.39, 0.29) is 17.9 Å². The number of nitrogens with zero attached hydrogens (tertiary/aromatic N) is 1. The van der Waals surface area contributed by atoms with E-state index < -0.39 is 6.04 Å². The molecule has 2 fully saturated rings. The Labute approximate surface area is 147 Å². The van der Waals surface area contributed by atoms with E-state index >= 15 is 0 Å². The highest BCUT2D eigenvalue weighted by Crippen LogP contribution is 2.42. The maximum Gasteiger partial charge on any atom is 0.328 e. The van der Waals surface area contributed by atoms with Gasteiger partial charge in [-0.25, -0.2) is 4.79 Å². The smallest absolute Gasteiger partial charge is 0.328 e. The third-order valence-electron chi connectivity index (χ3n) is 6.00. The van der Waals surface area contributed by atoms with Crippen LogP contribution in [0.4, 0.5) is 0 Å². The number of amides is 1. The summed E-state index contributed by atoms with van der Waals surface area (Å²) in [6.07, 6.45) is 9.92. The van der Waals surface area contributed by atoms with Crippen LogP contribution in [0.1, 0.15) is 65.1 Å². The fraction of sp³-hybridized carbons (Fsp3) is 0.684. The van der Waals surface area contributed by atoms with Gasteiger partial charge in [-0.1, -0.05) is 12.8 Å². The van der Waals surface area contributed by atoms with Crippen LogP contribution in [0.15, 0.2) is 6.07 Å². The molecule has 130 valence electrons. The first-order valence-corrected chi connectivity index (χ1v) is 10.0. The second-order valence-corrected chi connectivity index (χ2v) is 8.50. The van der Waals surface area contributed by atoms with Gasteiger partial charge in [-0.15, -0.1) is 11.3 Å². The Kier molecular flexibility index (Phi) is 4.37. The van der Waals surface area contributed by atoms with E-state index in [2.05, 4.69) is 6.07 Å². The third kappa shape index (κ3) is 2.67. The van der Waals surface area contributed by atoms with Crippen molar-refractivity contribution in [2.24, 2.45) is 5.92 Å². The van der Waals surface area contributed by atoms with E-state index in [0.29, 0.717) is 5.92 Å². The molecule has 0 N–H and O–H groups in total. The molecule has 1 aromatic heterocycles. The van der Waals surface area contributed by atoms with Crippen LogP contribution in [0.25, 0.3) is 0 Å². The van der Waals surface area contributed by atoms with E-state index in [9.17, 15) is 9.59 Å². The number of ether oxygens (including phenoxy) is 1. The average molecular weight is 347 g/mol. The summed E-state index contributed by atoms with van der Waals surface area (Å²) in [6, 6.07) is 1.91. The number of carbonyl (C=O) groups is 2. The average Bonchev–Trinajstić information content (AvgIpc) is 3.21. The molecule has 1 saturated heterocycles. The number of methoxy groups -OCH3 is 1. The van der Waals surface area contributed by atoms with Crippen LogP contribution >= 0.6 is 11.3 Å². The van der Waals surface area contributed by atoms with Gasteiger partial charge in [0.2, 0.25) is 0 Å². The molecule has 5 heteroatoms. The van der Waals surface area contributed by atoms with Crippen LogP contribution in [0.2, 0.25) is 0 Å². The molecule has 0 aromatic carbocycles. The molecule has 4 nitrogen and oxygen atoms in total. The summed E-state index contributed by atoms with van der Waals surface area (Å²) >= 11 is 1.65. The second-order valence-electron chi connectivity index (χ2n) is 7.37. The molecule has 0 unspecified atom stereocenters. The van der Waals surface area contributed by atoms with Crippen molar-refractivity contribution in [3.05, 3.63) is 21.4 Å². The lowest BCUT2D eigenvalue weighted by atomic mass is 9.84. The van der Waals surface area contributed by atoms with Gasteiger partial charge in [0, 0.05) is 10.9 Å². The summed E-state index contributed by atoms with van der Waals surface area (Å²) in [6.45, 7) is 0. The van der Waals surface area contributed by atoms with Crippen LogP contribution < -0.4 is 0 Å². The SMILES string of the molecule is COC(=O)[C@@H]1C[C@@H]2CCCC[C@@H]2N1C(=O)c1cc2c(s1)CCCC2. The first-order chi connectivity index (χ1) is 11.7. The van der Waals surface area contributed by atoms with Crippen LogP contribution in [-0.2, 0) is 22.4 Å². The topological polar surface area (TPSA) is 46.6 Å². The second kappa shape index (κ2) is 6.51. The maximum absolute atomic E-state index is 13.3. The number of fused-ring (bicyclic) bond motifs is 2. The van der Waals surface area contributed by atoms with Gasteiger partial charge >= 0.3 is 5.97 Å². The van der Waals surface area contributed by atoms with Crippen molar-refractivity contribution < 1.29 is 14.3 Å². The van der Waals surface area contributed by atoms with Gasteiger partial charge in [0.1, 0.15) is 6.04 Å². The minimum atomic E-state index is -0.394. The maximum atomic E-state index is 13.3. The van der Waals surface area contributed by atoms with Gasteiger partial charge in [0.15, 0.2) is 0 Å². The molecule has 4 rings (SSSR count). The van der Waals surface area contributed by atoms with Gasteiger partial charge in [-0.05, 0) is 62.5 Å². The van der Waals surface area contributed by atoms with E-state index in [1.165, 1.54) is 36.8 Å².